The second-order valence-electron chi connectivity index (χ2n) is 3.44. The molecule has 2 aromatic heterocycles. The Kier molecular flexibility index (Phi) is 3.50. The van der Waals surface area contributed by atoms with E-state index in [0.717, 1.165) is 17.9 Å². The van der Waals surface area contributed by atoms with Crippen LogP contribution in [0.25, 0.3) is 0 Å². The number of aromatic nitrogens is 3. The van der Waals surface area contributed by atoms with E-state index >= 15 is 0 Å². The molecule has 6 nitrogen and oxygen atoms in total. The molecular formula is C10H13N5OS. The van der Waals surface area contributed by atoms with Crippen LogP contribution in [0.1, 0.15) is 28.2 Å². The molecule has 90 valence electrons. The normalized spacial score (nSPS) is 10.5. The first-order valence-electron chi connectivity index (χ1n) is 5.20. The Bertz CT molecular complexity index is 518. The molecule has 17 heavy (non-hydrogen) atoms. The van der Waals surface area contributed by atoms with Gasteiger partial charge in [0, 0.05) is 24.2 Å². The van der Waals surface area contributed by atoms with Crippen molar-refractivity contribution in [2.75, 3.05) is 0 Å². The Balaban J connectivity index is 2.14. The number of rotatable bonds is 4. The molecule has 2 aromatic rings. The van der Waals surface area contributed by atoms with E-state index in [4.69, 9.17) is 5.84 Å². The number of aryl methyl sites for hydroxylation is 1. The SMILES string of the molecule is CCc1nccn1Cc1csc(C(=O)NN)n1. The molecule has 0 bridgehead atoms. The maximum absolute atomic E-state index is 11.2. The van der Waals surface area contributed by atoms with Crippen molar-refractivity contribution in [3.05, 3.63) is 34.3 Å². The van der Waals surface area contributed by atoms with E-state index in [1.165, 1.54) is 11.3 Å². The predicted molar refractivity (Wildman–Crippen MR) is 64.5 cm³/mol. The van der Waals surface area contributed by atoms with Gasteiger partial charge in [-0.2, -0.15) is 0 Å². The molecular weight excluding hydrogens is 238 g/mol. The Hall–Kier alpha value is -1.73. The fourth-order valence-corrected chi connectivity index (χ4v) is 2.23. The molecule has 0 unspecified atom stereocenters. The molecule has 1 amide bonds. The fraction of sp³-hybridized carbons (Fsp3) is 0.300. The molecule has 3 N–H and O–H groups in total. The van der Waals surface area contributed by atoms with Gasteiger partial charge in [0.15, 0.2) is 5.01 Å². The summed E-state index contributed by atoms with van der Waals surface area (Å²) in [5.74, 6) is 5.69. The van der Waals surface area contributed by atoms with E-state index in [0.29, 0.717) is 11.6 Å². The molecule has 0 aliphatic carbocycles. The van der Waals surface area contributed by atoms with Crippen LogP contribution in [-0.2, 0) is 13.0 Å². The number of carbonyl (C=O) groups is 1. The Morgan fingerprint density at radius 2 is 2.47 bits per heavy atom. The molecule has 0 spiro atoms. The number of hydrogen-bond donors (Lipinski definition) is 2. The maximum Gasteiger partial charge on any atom is 0.294 e. The van der Waals surface area contributed by atoms with Gasteiger partial charge in [-0.1, -0.05) is 6.92 Å². The maximum atomic E-state index is 11.2. The Morgan fingerprint density at radius 3 is 3.18 bits per heavy atom. The van der Waals surface area contributed by atoms with Crippen molar-refractivity contribution < 1.29 is 4.79 Å². The number of nitrogens with zero attached hydrogens (tertiary/aromatic N) is 3. The van der Waals surface area contributed by atoms with Gasteiger partial charge in [0.25, 0.3) is 5.91 Å². The molecule has 0 aromatic carbocycles. The second kappa shape index (κ2) is 5.07. The number of hydrogen-bond acceptors (Lipinski definition) is 5. The number of amides is 1. The zero-order chi connectivity index (χ0) is 12.3. The largest absolute Gasteiger partial charge is 0.329 e. The number of nitrogens with two attached hydrogens (primary N) is 1. The highest BCUT2D eigenvalue weighted by Gasteiger charge is 2.10. The van der Waals surface area contributed by atoms with Crippen LogP contribution in [0.3, 0.4) is 0 Å². The summed E-state index contributed by atoms with van der Waals surface area (Å²) in [6.45, 7) is 2.67. The van der Waals surface area contributed by atoms with Gasteiger partial charge in [-0.15, -0.1) is 11.3 Å². The van der Waals surface area contributed by atoms with E-state index in [2.05, 4.69) is 15.4 Å². The van der Waals surface area contributed by atoms with Crippen LogP contribution in [0.4, 0.5) is 0 Å². The summed E-state index contributed by atoms with van der Waals surface area (Å²) in [6.07, 6.45) is 4.53. The second-order valence-corrected chi connectivity index (χ2v) is 4.30. The number of nitrogen functional groups attached to an aromatic ring is 1. The van der Waals surface area contributed by atoms with Crippen molar-refractivity contribution in [3.63, 3.8) is 0 Å². The molecule has 0 atom stereocenters. The minimum atomic E-state index is -0.359. The summed E-state index contributed by atoms with van der Waals surface area (Å²) in [5.41, 5.74) is 2.90. The third kappa shape index (κ3) is 2.51. The topological polar surface area (TPSA) is 85.8 Å². The first-order chi connectivity index (χ1) is 8.24. The van der Waals surface area contributed by atoms with Gasteiger partial charge in [-0.3, -0.25) is 10.2 Å². The molecule has 0 radical (unpaired) electrons. The van der Waals surface area contributed by atoms with Gasteiger partial charge >= 0.3 is 0 Å². The molecule has 0 aliphatic heterocycles. The summed E-state index contributed by atoms with van der Waals surface area (Å²) >= 11 is 1.28. The lowest BCUT2D eigenvalue weighted by molar-refractivity contribution is 0.0953. The van der Waals surface area contributed by atoms with Gasteiger partial charge in [-0.25, -0.2) is 15.8 Å². The molecule has 2 rings (SSSR count). The van der Waals surface area contributed by atoms with Gasteiger partial charge in [0.1, 0.15) is 5.82 Å². The van der Waals surface area contributed by atoms with Crippen molar-refractivity contribution in [2.45, 2.75) is 19.9 Å². The summed E-state index contributed by atoms with van der Waals surface area (Å²) in [4.78, 5) is 19.7. The van der Waals surface area contributed by atoms with E-state index in [-0.39, 0.29) is 5.91 Å². The third-order valence-electron chi connectivity index (χ3n) is 2.33. The highest BCUT2D eigenvalue weighted by Crippen LogP contribution is 2.11. The Morgan fingerprint density at radius 1 is 1.65 bits per heavy atom. The van der Waals surface area contributed by atoms with Crippen molar-refractivity contribution in [2.24, 2.45) is 5.84 Å². The van der Waals surface area contributed by atoms with Crippen LogP contribution in [0, 0.1) is 0 Å². The summed E-state index contributed by atoms with van der Waals surface area (Å²) in [7, 11) is 0. The standard InChI is InChI=1S/C10H13N5OS/c1-2-8-12-3-4-15(8)5-7-6-17-10(13-7)9(16)14-11/h3-4,6H,2,5,11H2,1H3,(H,14,16). The van der Waals surface area contributed by atoms with E-state index in [1.54, 1.807) is 6.20 Å². The van der Waals surface area contributed by atoms with E-state index < -0.39 is 0 Å². The summed E-state index contributed by atoms with van der Waals surface area (Å²) in [6, 6.07) is 0. The van der Waals surface area contributed by atoms with Crippen molar-refractivity contribution in [3.8, 4) is 0 Å². The van der Waals surface area contributed by atoms with Crippen LogP contribution in [0.15, 0.2) is 17.8 Å². The van der Waals surface area contributed by atoms with Crippen LogP contribution in [-0.4, -0.2) is 20.4 Å². The Labute approximate surface area is 102 Å². The zero-order valence-corrected chi connectivity index (χ0v) is 10.2. The summed E-state index contributed by atoms with van der Waals surface area (Å²) < 4.78 is 2.01. The number of hydrazine groups is 1. The van der Waals surface area contributed by atoms with Crippen molar-refractivity contribution in [1.29, 1.82) is 0 Å². The van der Waals surface area contributed by atoms with Crippen molar-refractivity contribution in [1.82, 2.24) is 20.0 Å². The lowest BCUT2D eigenvalue weighted by atomic mass is 10.4. The number of thiazole rings is 1. The average Bonchev–Trinajstić information content (AvgIpc) is 2.97. The smallest absolute Gasteiger partial charge is 0.294 e. The van der Waals surface area contributed by atoms with E-state index in [1.807, 2.05) is 23.1 Å². The molecule has 0 saturated heterocycles. The van der Waals surface area contributed by atoms with Gasteiger partial charge < -0.3 is 4.57 Å². The van der Waals surface area contributed by atoms with Crippen LogP contribution < -0.4 is 11.3 Å². The summed E-state index contributed by atoms with van der Waals surface area (Å²) in [5, 5.41) is 2.23. The number of carbonyl (C=O) groups excluding carboxylic acids is 1. The predicted octanol–water partition coefficient (Wildman–Crippen LogP) is 0.554. The number of imidazole rings is 1. The molecule has 2 heterocycles. The monoisotopic (exact) mass is 251 g/mol. The minimum absolute atomic E-state index is 0.359. The van der Waals surface area contributed by atoms with Gasteiger partial charge in [0.2, 0.25) is 0 Å². The van der Waals surface area contributed by atoms with Crippen LogP contribution >= 0.6 is 11.3 Å². The zero-order valence-electron chi connectivity index (χ0n) is 9.38. The molecule has 7 heteroatoms. The van der Waals surface area contributed by atoms with Crippen LogP contribution in [0.2, 0.25) is 0 Å². The van der Waals surface area contributed by atoms with Gasteiger partial charge in [0.05, 0.1) is 12.2 Å². The molecule has 0 fully saturated rings. The van der Waals surface area contributed by atoms with Crippen LogP contribution in [0.5, 0.6) is 0 Å². The first kappa shape index (κ1) is 11.7. The third-order valence-corrected chi connectivity index (χ3v) is 3.22. The number of nitrogens with one attached hydrogen (secondary N) is 1. The van der Waals surface area contributed by atoms with E-state index in [9.17, 15) is 4.79 Å². The minimum Gasteiger partial charge on any atom is -0.329 e. The van der Waals surface area contributed by atoms with Gasteiger partial charge in [-0.05, 0) is 0 Å². The highest BCUT2D eigenvalue weighted by atomic mass is 32.1. The molecule has 0 aliphatic rings. The van der Waals surface area contributed by atoms with Crippen molar-refractivity contribution >= 4 is 17.2 Å². The molecule has 0 saturated carbocycles. The fourth-order valence-electron chi connectivity index (χ4n) is 1.52. The first-order valence-corrected chi connectivity index (χ1v) is 6.08. The quantitative estimate of drug-likeness (QED) is 0.472. The lowest BCUT2D eigenvalue weighted by Crippen LogP contribution is -2.29. The average molecular weight is 251 g/mol. The highest BCUT2D eigenvalue weighted by molar-refractivity contribution is 7.11. The lowest BCUT2D eigenvalue weighted by Gasteiger charge is -2.03.